The van der Waals surface area contributed by atoms with Gasteiger partial charge in [-0.15, -0.1) is 0 Å². The van der Waals surface area contributed by atoms with Gasteiger partial charge in [-0.2, -0.15) is 0 Å². The molecule has 2 N–H and O–H groups in total. The molecule has 0 aromatic carbocycles. The maximum absolute atomic E-state index is 12.9. The molecule has 0 radical (unpaired) electrons. The minimum Gasteiger partial charge on any atom is -0.378 e. The second kappa shape index (κ2) is 10.2. The number of likely N-dealkylation sites (N-methyl/N-ethyl adjacent to an activating group) is 1. The van der Waals surface area contributed by atoms with Gasteiger partial charge in [-0.25, -0.2) is 13.4 Å². The third-order valence-electron chi connectivity index (χ3n) is 5.75. The summed E-state index contributed by atoms with van der Waals surface area (Å²) >= 11 is 0. The van der Waals surface area contributed by atoms with Crippen molar-refractivity contribution in [2.24, 2.45) is 5.92 Å². The lowest BCUT2D eigenvalue weighted by Crippen LogP contribution is -2.44. The average molecular weight is 468 g/mol. The van der Waals surface area contributed by atoms with Crippen molar-refractivity contribution in [1.29, 1.82) is 0 Å². The normalized spacial score (nSPS) is 15.9. The highest BCUT2D eigenvalue weighted by molar-refractivity contribution is 7.96. The number of nitrogens with one attached hydrogen (secondary N) is 2. The molecule has 2 aromatic rings. The van der Waals surface area contributed by atoms with E-state index in [4.69, 9.17) is 0 Å². The van der Waals surface area contributed by atoms with Crippen LogP contribution in [0.4, 0.5) is 5.69 Å². The molecular formula is C25H33N5O2S. The molecule has 176 valence electrons. The standard InChI is InChI=1S/C25H33N5O2S/c1-7-10-18(4)33(31,32)28-23-11-12-27-25-24(23)22(17-30(25)16-19-14-26-15-19)20(8-2)13-21(9-3)29(5)6/h7-13,17,19,26H,1,3,14-16H2,2,4-6H3,(H,27,28). The first-order chi connectivity index (χ1) is 15.7. The molecule has 0 unspecified atom stereocenters. The monoisotopic (exact) mass is 467 g/mol. The van der Waals surface area contributed by atoms with E-state index in [9.17, 15) is 8.42 Å². The van der Waals surface area contributed by atoms with E-state index in [0.717, 1.165) is 47.5 Å². The minimum absolute atomic E-state index is 0.191. The van der Waals surface area contributed by atoms with Crippen molar-refractivity contribution in [3.8, 4) is 0 Å². The van der Waals surface area contributed by atoms with Crippen molar-refractivity contribution in [2.45, 2.75) is 20.4 Å². The van der Waals surface area contributed by atoms with Crippen LogP contribution in [0.1, 0.15) is 19.4 Å². The largest absolute Gasteiger partial charge is 0.378 e. The lowest BCUT2D eigenvalue weighted by Gasteiger charge is -2.27. The van der Waals surface area contributed by atoms with E-state index < -0.39 is 10.0 Å². The van der Waals surface area contributed by atoms with Gasteiger partial charge in [0.1, 0.15) is 5.65 Å². The zero-order chi connectivity index (χ0) is 24.2. The van der Waals surface area contributed by atoms with Crippen LogP contribution in [0.5, 0.6) is 0 Å². The summed E-state index contributed by atoms with van der Waals surface area (Å²) in [6, 6.07) is 1.71. The molecule has 3 heterocycles. The summed E-state index contributed by atoms with van der Waals surface area (Å²) in [6.45, 7) is 13.8. The van der Waals surface area contributed by atoms with Crippen molar-refractivity contribution in [3.05, 3.63) is 78.2 Å². The van der Waals surface area contributed by atoms with Crippen LogP contribution in [0, 0.1) is 5.92 Å². The first-order valence-electron chi connectivity index (χ1n) is 10.9. The molecule has 3 rings (SSSR count). The van der Waals surface area contributed by atoms with E-state index in [1.54, 1.807) is 25.3 Å². The number of aromatic nitrogens is 2. The van der Waals surface area contributed by atoms with Gasteiger partial charge in [-0.05, 0) is 43.7 Å². The second-order valence-corrected chi connectivity index (χ2v) is 10.2. The zero-order valence-corrected chi connectivity index (χ0v) is 20.6. The Bertz CT molecular complexity index is 1250. The van der Waals surface area contributed by atoms with Crippen molar-refractivity contribution >= 4 is 32.3 Å². The fourth-order valence-electron chi connectivity index (χ4n) is 3.74. The summed E-state index contributed by atoms with van der Waals surface area (Å²) in [4.78, 5) is 6.81. The predicted octanol–water partition coefficient (Wildman–Crippen LogP) is 4.12. The molecule has 0 spiro atoms. The van der Waals surface area contributed by atoms with Crippen molar-refractivity contribution < 1.29 is 8.42 Å². The third-order valence-corrected chi connectivity index (χ3v) is 7.22. The Balaban J connectivity index is 2.22. The molecule has 0 saturated carbocycles. The molecule has 0 aliphatic carbocycles. The Labute approximate surface area is 196 Å². The average Bonchev–Trinajstić information content (AvgIpc) is 3.10. The number of anilines is 1. The first kappa shape index (κ1) is 24.5. The van der Waals surface area contributed by atoms with Crippen LogP contribution in [0.3, 0.4) is 0 Å². The number of hydrogen-bond acceptors (Lipinski definition) is 5. The third kappa shape index (κ3) is 5.29. The molecule has 1 aliphatic rings. The number of rotatable bonds is 10. The van der Waals surface area contributed by atoms with Gasteiger partial charge >= 0.3 is 0 Å². The lowest BCUT2D eigenvalue weighted by molar-refractivity contribution is 0.310. The van der Waals surface area contributed by atoms with Crippen molar-refractivity contribution in [1.82, 2.24) is 19.8 Å². The summed E-state index contributed by atoms with van der Waals surface area (Å²) in [5.74, 6) is 0.517. The molecule has 8 heteroatoms. The van der Waals surface area contributed by atoms with E-state index in [-0.39, 0.29) is 4.91 Å². The minimum atomic E-state index is -3.73. The highest BCUT2D eigenvalue weighted by atomic mass is 32.2. The highest BCUT2D eigenvalue weighted by Gasteiger charge is 2.23. The van der Waals surface area contributed by atoms with Gasteiger partial charge in [-0.1, -0.05) is 25.3 Å². The van der Waals surface area contributed by atoms with Crippen LogP contribution in [0.25, 0.3) is 16.6 Å². The van der Waals surface area contributed by atoms with E-state index in [1.165, 1.54) is 12.2 Å². The molecule has 0 bridgehead atoms. The SMILES string of the molecule is C=CC=C(C)S(=O)(=O)Nc1ccnc2c1c(C(=CC)C=C(C=C)N(C)C)cn2CC1CNC1. The maximum atomic E-state index is 12.9. The number of fused-ring (bicyclic) bond motifs is 1. The van der Waals surface area contributed by atoms with Gasteiger partial charge in [-0.3, -0.25) is 4.72 Å². The number of allylic oxidation sites excluding steroid dienone is 7. The number of nitrogens with zero attached hydrogens (tertiary/aromatic N) is 3. The molecule has 0 amide bonds. The molecule has 0 atom stereocenters. The van der Waals surface area contributed by atoms with Crippen molar-refractivity contribution in [2.75, 3.05) is 31.9 Å². The Hall–Kier alpha value is -3.10. The van der Waals surface area contributed by atoms with E-state index in [0.29, 0.717) is 11.6 Å². The smallest absolute Gasteiger partial charge is 0.257 e. The number of hydrogen-bond donors (Lipinski definition) is 2. The number of pyridine rings is 1. The quantitative estimate of drug-likeness (QED) is 0.514. The topological polar surface area (TPSA) is 79.3 Å². The Morgan fingerprint density at radius 2 is 2.09 bits per heavy atom. The lowest BCUT2D eigenvalue weighted by atomic mass is 10.0. The molecule has 1 saturated heterocycles. The van der Waals surface area contributed by atoms with Crippen LogP contribution in [0.15, 0.2) is 72.6 Å². The van der Waals surface area contributed by atoms with Gasteiger partial charge in [0.15, 0.2) is 0 Å². The summed E-state index contributed by atoms with van der Waals surface area (Å²) < 4.78 is 30.7. The van der Waals surface area contributed by atoms with E-state index in [2.05, 4.69) is 38.9 Å². The van der Waals surface area contributed by atoms with Crippen LogP contribution in [0.2, 0.25) is 0 Å². The zero-order valence-electron chi connectivity index (χ0n) is 19.8. The second-order valence-electron chi connectivity index (χ2n) is 8.31. The van der Waals surface area contributed by atoms with Gasteiger partial charge in [0.2, 0.25) is 0 Å². The summed E-state index contributed by atoms with van der Waals surface area (Å²) in [6.07, 6.45) is 12.5. The predicted molar refractivity (Wildman–Crippen MR) is 138 cm³/mol. The van der Waals surface area contributed by atoms with E-state index >= 15 is 0 Å². The van der Waals surface area contributed by atoms with Crippen LogP contribution in [-0.2, 0) is 16.6 Å². The molecule has 7 nitrogen and oxygen atoms in total. The highest BCUT2D eigenvalue weighted by Crippen LogP contribution is 2.35. The Kier molecular flexibility index (Phi) is 7.61. The fraction of sp³-hybridized carbons (Fsp3) is 0.320. The van der Waals surface area contributed by atoms with Crippen molar-refractivity contribution in [3.63, 3.8) is 0 Å². The maximum Gasteiger partial charge on any atom is 0.257 e. The molecule has 2 aromatic heterocycles. The molecule has 33 heavy (non-hydrogen) atoms. The number of sulfonamides is 1. The molecular weight excluding hydrogens is 434 g/mol. The summed E-state index contributed by atoms with van der Waals surface area (Å²) in [5, 5.41) is 4.08. The Morgan fingerprint density at radius 1 is 1.36 bits per heavy atom. The molecule has 1 fully saturated rings. The first-order valence-corrected chi connectivity index (χ1v) is 12.4. The van der Waals surface area contributed by atoms with E-state index in [1.807, 2.05) is 38.1 Å². The van der Waals surface area contributed by atoms with Gasteiger partial charge in [0.05, 0.1) is 16.0 Å². The van der Waals surface area contributed by atoms with Crippen LogP contribution < -0.4 is 10.0 Å². The fourth-order valence-corrected chi connectivity index (χ4v) is 4.64. The van der Waals surface area contributed by atoms with Gasteiger partial charge < -0.3 is 14.8 Å². The van der Waals surface area contributed by atoms with Gasteiger partial charge in [0.25, 0.3) is 10.0 Å². The summed E-state index contributed by atoms with van der Waals surface area (Å²) in [5.41, 5.74) is 4.07. The van der Waals surface area contributed by atoms with Crippen LogP contribution in [-0.4, -0.2) is 50.1 Å². The summed E-state index contributed by atoms with van der Waals surface area (Å²) in [7, 11) is 0.193. The Morgan fingerprint density at radius 3 is 2.64 bits per heavy atom. The van der Waals surface area contributed by atoms with Gasteiger partial charge in [0, 0.05) is 63.3 Å². The van der Waals surface area contributed by atoms with Crippen LogP contribution >= 0.6 is 0 Å². The molecule has 1 aliphatic heterocycles.